The number of aliphatic imine (C=N–C) groups is 1. The summed E-state index contributed by atoms with van der Waals surface area (Å²) in [4.78, 5) is 21.8. The molecule has 1 unspecified atom stereocenters. The van der Waals surface area contributed by atoms with Crippen LogP contribution in [0.1, 0.15) is 32.4 Å². The Bertz CT molecular complexity index is 1320. The summed E-state index contributed by atoms with van der Waals surface area (Å²) in [5.41, 5.74) is 4.11. The molecule has 0 fully saturated rings. The monoisotopic (exact) mass is 517 g/mol. The lowest BCUT2D eigenvalue weighted by Crippen LogP contribution is -2.37. The van der Waals surface area contributed by atoms with Crippen molar-refractivity contribution in [2.45, 2.75) is 24.7 Å². The van der Waals surface area contributed by atoms with Crippen LogP contribution in [0.15, 0.2) is 47.1 Å². The van der Waals surface area contributed by atoms with E-state index in [4.69, 9.17) is 5.73 Å². The SMILES string of the molecule is CN(C)C1/C=C/C(=O)N2Cc3sc(C#N)cc3[C@@H](C2)c2cccc(F)c2C(=C(N)C(F)(F)F)C=NC1. The average Bonchev–Trinajstić information content (AvgIpc) is 3.25. The predicted molar refractivity (Wildman–Crippen MR) is 130 cm³/mol. The summed E-state index contributed by atoms with van der Waals surface area (Å²) in [5, 5.41) is 9.45. The van der Waals surface area contributed by atoms with Crippen LogP contribution in [0.4, 0.5) is 17.6 Å². The van der Waals surface area contributed by atoms with Gasteiger partial charge in [0.05, 0.1) is 13.1 Å². The molecule has 2 aliphatic rings. The molecule has 3 heterocycles. The molecule has 1 aromatic carbocycles. The van der Waals surface area contributed by atoms with Crippen LogP contribution in [0, 0.1) is 17.1 Å². The number of carbonyl (C=O) groups excluding carboxylic acids is 1. The minimum atomic E-state index is -4.92. The number of carbonyl (C=O) groups is 1. The van der Waals surface area contributed by atoms with E-state index < -0.39 is 35.2 Å². The second-order valence-electron chi connectivity index (χ2n) is 8.79. The standard InChI is InChI=1S/C25H23F4N5OS/c1-33(2)14-6-7-22(35)34-12-19(17-8-15(9-30)36-21(17)13-34)16-4-3-5-20(26)23(16)18(11-32-10-14)24(31)25(27,28)29/h3-8,11,14,19H,10,12-13,31H2,1-2H3/b7-6+,24-18?,32-11?/t14?,19-/m0/s1. The second kappa shape index (κ2) is 9.87. The van der Waals surface area contributed by atoms with E-state index in [1.54, 1.807) is 36.0 Å². The number of alkyl halides is 3. The van der Waals surface area contributed by atoms with Gasteiger partial charge in [-0.3, -0.25) is 9.79 Å². The summed E-state index contributed by atoms with van der Waals surface area (Å²) in [7, 11) is 3.50. The molecule has 1 amide bonds. The van der Waals surface area contributed by atoms with Gasteiger partial charge in [-0.25, -0.2) is 4.39 Å². The lowest BCUT2D eigenvalue weighted by Gasteiger charge is -2.34. The van der Waals surface area contributed by atoms with Crippen LogP contribution in [0.2, 0.25) is 0 Å². The topological polar surface area (TPSA) is 85.7 Å². The third-order valence-electron chi connectivity index (χ3n) is 6.30. The number of likely N-dealkylation sites (N-methyl/N-ethyl adjacent to an activating group) is 1. The summed E-state index contributed by atoms with van der Waals surface area (Å²) in [6.07, 6.45) is -0.899. The van der Waals surface area contributed by atoms with Gasteiger partial charge in [-0.05, 0) is 37.4 Å². The Morgan fingerprint density at radius 3 is 2.72 bits per heavy atom. The van der Waals surface area contributed by atoms with Crippen molar-refractivity contribution < 1.29 is 22.4 Å². The van der Waals surface area contributed by atoms with E-state index in [1.807, 2.05) is 0 Å². The fraction of sp³-hybridized carbons (Fsp3) is 0.320. The highest BCUT2D eigenvalue weighted by Gasteiger charge is 2.38. The van der Waals surface area contributed by atoms with Crippen LogP contribution < -0.4 is 5.73 Å². The molecule has 0 radical (unpaired) electrons. The van der Waals surface area contributed by atoms with Crippen LogP contribution in [0.25, 0.3) is 5.57 Å². The lowest BCUT2D eigenvalue weighted by molar-refractivity contribution is -0.127. The quantitative estimate of drug-likeness (QED) is 0.579. The third kappa shape index (κ3) is 4.92. The first kappa shape index (κ1) is 25.6. The molecule has 36 heavy (non-hydrogen) atoms. The molecular weight excluding hydrogens is 494 g/mol. The lowest BCUT2D eigenvalue weighted by atomic mass is 9.83. The fourth-order valence-corrected chi connectivity index (χ4v) is 5.43. The van der Waals surface area contributed by atoms with Crippen molar-refractivity contribution in [2.75, 3.05) is 27.2 Å². The number of rotatable bonds is 1. The van der Waals surface area contributed by atoms with Crippen molar-refractivity contribution in [1.82, 2.24) is 9.80 Å². The van der Waals surface area contributed by atoms with Crippen LogP contribution in [0.5, 0.6) is 0 Å². The second-order valence-corrected chi connectivity index (χ2v) is 9.92. The van der Waals surface area contributed by atoms with E-state index in [-0.39, 0.29) is 36.7 Å². The number of amides is 1. The number of halogens is 4. The van der Waals surface area contributed by atoms with E-state index in [2.05, 4.69) is 11.1 Å². The molecule has 2 atom stereocenters. The molecule has 2 N–H and O–H groups in total. The van der Waals surface area contributed by atoms with Gasteiger partial charge in [0.25, 0.3) is 0 Å². The fourth-order valence-electron chi connectivity index (χ4n) is 4.39. The van der Waals surface area contributed by atoms with Crippen molar-refractivity contribution in [3.8, 4) is 6.07 Å². The maximum absolute atomic E-state index is 15.4. The maximum atomic E-state index is 15.4. The van der Waals surface area contributed by atoms with Gasteiger partial charge >= 0.3 is 6.18 Å². The van der Waals surface area contributed by atoms with E-state index in [0.29, 0.717) is 10.4 Å². The van der Waals surface area contributed by atoms with Gasteiger partial charge in [0.15, 0.2) is 0 Å². The first-order chi connectivity index (χ1) is 17.0. The third-order valence-corrected chi connectivity index (χ3v) is 7.34. The summed E-state index contributed by atoms with van der Waals surface area (Å²) < 4.78 is 56.8. The molecule has 2 aromatic rings. The molecule has 2 bridgehead atoms. The Kier molecular flexibility index (Phi) is 7.02. The minimum absolute atomic E-state index is 0.0253. The first-order valence-electron chi connectivity index (χ1n) is 11.0. The summed E-state index contributed by atoms with van der Waals surface area (Å²) in [6, 6.07) is 7.34. The van der Waals surface area contributed by atoms with Gasteiger partial charge in [0.2, 0.25) is 5.91 Å². The van der Waals surface area contributed by atoms with E-state index in [1.165, 1.54) is 29.5 Å². The van der Waals surface area contributed by atoms with Gasteiger partial charge in [0.1, 0.15) is 22.5 Å². The number of hydrogen-bond acceptors (Lipinski definition) is 6. The Morgan fingerprint density at radius 2 is 2.06 bits per heavy atom. The predicted octanol–water partition coefficient (Wildman–Crippen LogP) is 4.04. The summed E-state index contributed by atoms with van der Waals surface area (Å²) in [5.74, 6) is -1.86. The van der Waals surface area contributed by atoms with Crippen LogP contribution in [-0.4, -0.2) is 61.3 Å². The molecule has 0 saturated heterocycles. The number of nitrogens with two attached hydrogens (primary N) is 1. The molecule has 188 valence electrons. The molecule has 0 aliphatic carbocycles. The summed E-state index contributed by atoms with van der Waals surface area (Å²) in [6.45, 7) is 0.358. The molecule has 11 heteroatoms. The molecule has 2 aliphatic heterocycles. The van der Waals surface area contributed by atoms with Gasteiger partial charge in [-0.2, -0.15) is 18.4 Å². The van der Waals surface area contributed by atoms with Crippen molar-refractivity contribution in [3.05, 3.63) is 74.4 Å². The molecule has 0 saturated carbocycles. The molecule has 1 aromatic heterocycles. The number of nitrogens with zero attached hydrogens (tertiary/aromatic N) is 4. The molecular formula is C25H23F4N5OS. The average molecular weight is 518 g/mol. The van der Waals surface area contributed by atoms with Crippen molar-refractivity contribution >= 4 is 29.0 Å². The van der Waals surface area contributed by atoms with E-state index in [0.717, 1.165) is 17.2 Å². The highest BCUT2D eigenvalue weighted by molar-refractivity contribution is 7.12. The highest BCUT2D eigenvalue weighted by Crippen LogP contribution is 2.42. The largest absolute Gasteiger partial charge is 0.431 e. The zero-order chi connectivity index (χ0) is 26.2. The van der Waals surface area contributed by atoms with Gasteiger partial charge in [-0.15, -0.1) is 11.3 Å². The maximum Gasteiger partial charge on any atom is 0.431 e. The highest BCUT2D eigenvalue weighted by atomic mass is 32.1. The normalized spacial score (nSPS) is 22.6. The Balaban J connectivity index is 2.02. The zero-order valence-electron chi connectivity index (χ0n) is 19.5. The number of benzene rings is 1. The number of allylic oxidation sites excluding steroid dienone is 2. The number of nitriles is 1. The molecule has 4 rings (SSSR count). The van der Waals surface area contributed by atoms with Crippen LogP contribution in [-0.2, 0) is 11.3 Å². The van der Waals surface area contributed by atoms with Crippen LogP contribution >= 0.6 is 11.3 Å². The molecule has 6 nitrogen and oxygen atoms in total. The van der Waals surface area contributed by atoms with Crippen molar-refractivity contribution in [3.63, 3.8) is 0 Å². The smallest absolute Gasteiger partial charge is 0.394 e. The minimum Gasteiger partial charge on any atom is -0.394 e. The Morgan fingerprint density at radius 1 is 1.31 bits per heavy atom. The number of thiophene rings is 1. The van der Waals surface area contributed by atoms with E-state index >= 15 is 4.39 Å². The number of hydrogen-bond donors (Lipinski definition) is 1. The van der Waals surface area contributed by atoms with Crippen molar-refractivity contribution in [2.24, 2.45) is 10.7 Å². The van der Waals surface area contributed by atoms with Gasteiger partial charge < -0.3 is 15.5 Å². The zero-order valence-corrected chi connectivity index (χ0v) is 20.3. The summed E-state index contributed by atoms with van der Waals surface area (Å²) >= 11 is 1.21. The van der Waals surface area contributed by atoms with Gasteiger partial charge in [-0.1, -0.05) is 18.2 Å². The number of fused-ring (bicyclic) bond motifs is 6. The Hall–Kier alpha value is -3.49. The molecule has 0 spiro atoms. The Labute approximate surface area is 209 Å². The van der Waals surface area contributed by atoms with Crippen molar-refractivity contribution in [1.29, 1.82) is 5.26 Å². The van der Waals surface area contributed by atoms with Gasteiger partial charge in [0, 0.05) is 46.8 Å². The van der Waals surface area contributed by atoms with Crippen LogP contribution in [0.3, 0.4) is 0 Å². The first-order valence-corrected chi connectivity index (χ1v) is 11.8. The van der Waals surface area contributed by atoms with E-state index in [9.17, 15) is 23.2 Å².